The van der Waals surface area contributed by atoms with Crippen LogP contribution in [0.1, 0.15) is 15.9 Å². The highest BCUT2D eigenvalue weighted by molar-refractivity contribution is 5.95. The topological polar surface area (TPSA) is 69.6 Å². The van der Waals surface area contributed by atoms with Crippen molar-refractivity contribution in [2.24, 2.45) is 0 Å². The quantitative estimate of drug-likeness (QED) is 0.672. The molecule has 0 atom stereocenters. The second kappa shape index (κ2) is 4.62. The summed E-state index contributed by atoms with van der Waals surface area (Å²) in [5, 5.41) is 20.4. The highest BCUT2D eigenvalue weighted by atomic mass is 16.4. The second-order valence-electron chi connectivity index (χ2n) is 2.95. The van der Waals surface area contributed by atoms with Gasteiger partial charge in [-0.15, -0.1) is 0 Å². The number of aryl methyl sites for hydroxylation is 1. The minimum atomic E-state index is -0.964. The molecule has 0 saturated carbocycles. The molecule has 0 fully saturated rings. The Morgan fingerprint density at radius 2 is 2.21 bits per heavy atom. The van der Waals surface area contributed by atoms with Gasteiger partial charge in [0.25, 0.3) is 0 Å². The van der Waals surface area contributed by atoms with Crippen LogP contribution >= 0.6 is 0 Å². The van der Waals surface area contributed by atoms with Crippen LogP contribution in [-0.2, 0) is 0 Å². The second-order valence-corrected chi connectivity index (χ2v) is 2.95. The van der Waals surface area contributed by atoms with E-state index in [9.17, 15) is 4.79 Å². The zero-order valence-electron chi connectivity index (χ0n) is 7.95. The zero-order valence-corrected chi connectivity index (χ0v) is 7.95. The largest absolute Gasteiger partial charge is 0.478 e. The van der Waals surface area contributed by atoms with E-state index in [4.69, 9.17) is 10.2 Å². The van der Waals surface area contributed by atoms with E-state index in [-0.39, 0.29) is 12.2 Å². The van der Waals surface area contributed by atoms with E-state index in [0.717, 1.165) is 5.56 Å². The first kappa shape index (κ1) is 10.5. The van der Waals surface area contributed by atoms with Gasteiger partial charge in [-0.25, -0.2) is 4.79 Å². The Kier molecular flexibility index (Phi) is 3.48. The third-order valence-electron chi connectivity index (χ3n) is 1.92. The first-order valence-corrected chi connectivity index (χ1v) is 4.34. The minimum Gasteiger partial charge on any atom is -0.478 e. The highest BCUT2D eigenvalue weighted by Crippen LogP contribution is 2.19. The maximum atomic E-state index is 10.8. The zero-order chi connectivity index (χ0) is 10.6. The van der Waals surface area contributed by atoms with Crippen molar-refractivity contribution in [3.63, 3.8) is 0 Å². The van der Waals surface area contributed by atoms with E-state index in [1.54, 1.807) is 6.07 Å². The average Bonchev–Trinajstić information content (AvgIpc) is 2.15. The van der Waals surface area contributed by atoms with Crippen LogP contribution in [0, 0.1) is 6.92 Å². The first-order chi connectivity index (χ1) is 6.66. The number of carbonyl (C=O) groups is 1. The molecule has 4 nitrogen and oxygen atoms in total. The third-order valence-corrected chi connectivity index (χ3v) is 1.92. The van der Waals surface area contributed by atoms with Gasteiger partial charge in [-0.05, 0) is 18.6 Å². The van der Waals surface area contributed by atoms with Crippen LogP contribution < -0.4 is 5.32 Å². The van der Waals surface area contributed by atoms with Gasteiger partial charge in [0.1, 0.15) is 0 Å². The SMILES string of the molecule is Cc1cccc(C(=O)O)c1NCCO. The number of aromatic carboxylic acids is 1. The number of nitrogens with one attached hydrogen (secondary N) is 1. The fourth-order valence-electron chi connectivity index (χ4n) is 1.26. The van der Waals surface area contributed by atoms with Crippen molar-refractivity contribution in [3.05, 3.63) is 29.3 Å². The lowest BCUT2D eigenvalue weighted by Gasteiger charge is -2.10. The lowest BCUT2D eigenvalue weighted by atomic mass is 10.1. The van der Waals surface area contributed by atoms with Gasteiger partial charge in [-0.3, -0.25) is 0 Å². The van der Waals surface area contributed by atoms with Crippen LogP contribution in [0.25, 0.3) is 0 Å². The molecule has 4 heteroatoms. The van der Waals surface area contributed by atoms with E-state index < -0.39 is 5.97 Å². The number of para-hydroxylation sites is 1. The number of aliphatic hydroxyl groups is 1. The van der Waals surface area contributed by atoms with Gasteiger partial charge in [-0.2, -0.15) is 0 Å². The Morgan fingerprint density at radius 1 is 1.50 bits per heavy atom. The van der Waals surface area contributed by atoms with Crippen LogP contribution in [0.5, 0.6) is 0 Å². The molecule has 1 aromatic carbocycles. The number of benzene rings is 1. The molecule has 0 aliphatic heterocycles. The average molecular weight is 195 g/mol. The molecule has 0 radical (unpaired) electrons. The normalized spacial score (nSPS) is 9.86. The summed E-state index contributed by atoms with van der Waals surface area (Å²) in [6.07, 6.45) is 0. The van der Waals surface area contributed by atoms with Crippen LogP contribution in [0.15, 0.2) is 18.2 Å². The molecule has 14 heavy (non-hydrogen) atoms. The number of hydrogen-bond donors (Lipinski definition) is 3. The molecule has 0 amide bonds. The van der Waals surface area contributed by atoms with Gasteiger partial charge < -0.3 is 15.5 Å². The van der Waals surface area contributed by atoms with Crippen molar-refractivity contribution in [1.82, 2.24) is 0 Å². The molecule has 0 unspecified atom stereocenters. The number of anilines is 1. The molecule has 0 heterocycles. The lowest BCUT2D eigenvalue weighted by Crippen LogP contribution is -2.11. The van der Waals surface area contributed by atoms with E-state index in [0.29, 0.717) is 12.2 Å². The number of rotatable bonds is 4. The van der Waals surface area contributed by atoms with Crippen molar-refractivity contribution >= 4 is 11.7 Å². The van der Waals surface area contributed by atoms with Crippen LogP contribution in [-0.4, -0.2) is 29.3 Å². The number of carboxylic acid groups (broad SMARTS) is 1. The van der Waals surface area contributed by atoms with Crippen LogP contribution in [0.4, 0.5) is 5.69 Å². The molecule has 0 saturated heterocycles. The van der Waals surface area contributed by atoms with Gasteiger partial charge >= 0.3 is 5.97 Å². The molecule has 0 spiro atoms. The maximum absolute atomic E-state index is 10.8. The Hall–Kier alpha value is -1.55. The van der Waals surface area contributed by atoms with Crippen molar-refractivity contribution < 1.29 is 15.0 Å². The van der Waals surface area contributed by atoms with E-state index in [1.807, 2.05) is 13.0 Å². The number of carboxylic acids is 1. The lowest BCUT2D eigenvalue weighted by molar-refractivity contribution is 0.0698. The summed E-state index contributed by atoms with van der Waals surface area (Å²) in [7, 11) is 0. The summed E-state index contributed by atoms with van der Waals surface area (Å²) in [6.45, 7) is 2.16. The smallest absolute Gasteiger partial charge is 0.337 e. The summed E-state index contributed by atoms with van der Waals surface area (Å²) >= 11 is 0. The molecule has 0 bridgehead atoms. The molecule has 1 rings (SSSR count). The van der Waals surface area contributed by atoms with Gasteiger partial charge in [0.05, 0.1) is 17.9 Å². The third kappa shape index (κ3) is 2.23. The molecule has 0 aromatic heterocycles. The van der Waals surface area contributed by atoms with Gasteiger partial charge in [0.15, 0.2) is 0 Å². The summed E-state index contributed by atoms with van der Waals surface area (Å²) in [6, 6.07) is 5.06. The van der Waals surface area contributed by atoms with Crippen molar-refractivity contribution in [1.29, 1.82) is 0 Å². The van der Waals surface area contributed by atoms with Gasteiger partial charge in [0, 0.05) is 6.54 Å². The molecular weight excluding hydrogens is 182 g/mol. The van der Waals surface area contributed by atoms with Crippen LogP contribution in [0.2, 0.25) is 0 Å². The minimum absolute atomic E-state index is 0.0204. The van der Waals surface area contributed by atoms with E-state index in [1.165, 1.54) is 6.07 Å². The Balaban J connectivity index is 3.02. The number of hydrogen-bond acceptors (Lipinski definition) is 3. The van der Waals surface area contributed by atoms with Gasteiger partial charge in [0.2, 0.25) is 0 Å². The fourth-order valence-corrected chi connectivity index (χ4v) is 1.26. The monoisotopic (exact) mass is 195 g/mol. The Morgan fingerprint density at radius 3 is 2.79 bits per heavy atom. The Labute approximate surface area is 82.2 Å². The summed E-state index contributed by atoms with van der Waals surface area (Å²) in [5.41, 5.74) is 1.67. The molecule has 76 valence electrons. The predicted molar refractivity (Wildman–Crippen MR) is 53.7 cm³/mol. The Bertz CT molecular complexity index is 336. The van der Waals surface area contributed by atoms with E-state index >= 15 is 0 Å². The molecule has 3 N–H and O–H groups in total. The summed E-state index contributed by atoms with van der Waals surface area (Å²) < 4.78 is 0. The van der Waals surface area contributed by atoms with Gasteiger partial charge in [-0.1, -0.05) is 12.1 Å². The highest BCUT2D eigenvalue weighted by Gasteiger charge is 2.10. The van der Waals surface area contributed by atoms with Crippen molar-refractivity contribution in [2.45, 2.75) is 6.92 Å². The maximum Gasteiger partial charge on any atom is 0.337 e. The standard InChI is InChI=1S/C10H13NO3/c1-7-3-2-4-8(10(13)14)9(7)11-5-6-12/h2-4,11-12H,5-6H2,1H3,(H,13,14). The first-order valence-electron chi connectivity index (χ1n) is 4.34. The van der Waals surface area contributed by atoms with E-state index in [2.05, 4.69) is 5.32 Å². The molecule has 0 aliphatic rings. The van der Waals surface area contributed by atoms with Crippen LogP contribution in [0.3, 0.4) is 0 Å². The molecule has 0 aliphatic carbocycles. The predicted octanol–water partition coefficient (Wildman–Crippen LogP) is 1.10. The summed E-state index contributed by atoms with van der Waals surface area (Å²) in [4.78, 5) is 10.8. The fraction of sp³-hybridized carbons (Fsp3) is 0.300. The van der Waals surface area contributed by atoms with Crippen molar-refractivity contribution in [2.75, 3.05) is 18.5 Å². The summed E-state index contributed by atoms with van der Waals surface area (Å²) in [5.74, 6) is -0.964. The van der Waals surface area contributed by atoms with Crippen molar-refractivity contribution in [3.8, 4) is 0 Å². The number of aliphatic hydroxyl groups excluding tert-OH is 1. The molecule has 1 aromatic rings. The molecular formula is C10H13NO3.